The van der Waals surface area contributed by atoms with Crippen LogP contribution in [-0.4, -0.2) is 81.9 Å². The zero-order valence-electron chi connectivity index (χ0n) is 20.7. The quantitative estimate of drug-likeness (QED) is 0.545. The molecule has 0 radical (unpaired) electrons. The summed E-state index contributed by atoms with van der Waals surface area (Å²) in [6.45, 7) is 5.40. The first-order valence-electron chi connectivity index (χ1n) is 11.6. The Morgan fingerprint density at radius 3 is 2.69 bits per heavy atom. The van der Waals surface area contributed by atoms with Crippen LogP contribution in [0.25, 0.3) is 0 Å². The van der Waals surface area contributed by atoms with Crippen LogP contribution in [0.1, 0.15) is 36.7 Å². The van der Waals surface area contributed by atoms with Crippen LogP contribution in [0.2, 0.25) is 0 Å². The van der Waals surface area contributed by atoms with Gasteiger partial charge in [-0.15, -0.1) is 0 Å². The van der Waals surface area contributed by atoms with Gasteiger partial charge in [0.2, 0.25) is 5.88 Å². The monoisotopic (exact) mass is 498 g/mol. The lowest BCUT2D eigenvalue weighted by molar-refractivity contribution is 0.0356. The Morgan fingerprint density at radius 1 is 1.36 bits per heavy atom. The van der Waals surface area contributed by atoms with E-state index in [1.54, 1.807) is 24.9 Å². The summed E-state index contributed by atoms with van der Waals surface area (Å²) in [7, 11) is 1.61. The molecule has 9 nitrogen and oxygen atoms in total. The number of benzene rings is 1. The van der Waals surface area contributed by atoms with Crippen molar-refractivity contribution in [2.45, 2.75) is 39.0 Å². The van der Waals surface area contributed by atoms with Crippen molar-refractivity contribution in [3.05, 3.63) is 53.5 Å². The fourth-order valence-electron chi connectivity index (χ4n) is 3.68. The topological polar surface area (TPSA) is 115 Å². The Bertz CT molecular complexity index is 1150. The van der Waals surface area contributed by atoms with Gasteiger partial charge in [-0.05, 0) is 44.2 Å². The van der Waals surface area contributed by atoms with Gasteiger partial charge in [-0.1, -0.05) is 18.8 Å². The third kappa shape index (κ3) is 6.71. The van der Waals surface area contributed by atoms with E-state index < -0.39 is 30.1 Å². The molecule has 2 heterocycles. The first-order chi connectivity index (χ1) is 17.1. The largest absolute Gasteiger partial charge is 0.472 e. The number of likely N-dealkylation sites (N-methyl/N-ethyl adjacent to an activating group) is 1. The number of hydrogen-bond donors (Lipinski definition) is 3. The van der Waals surface area contributed by atoms with Gasteiger partial charge in [0.15, 0.2) is 0 Å². The highest BCUT2D eigenvalue weighted by molar-refractivity contribution is 5.97. The number of halogens is 1. The van der Waals surface area contributed by atoms with Crippen LogP contribution in [-0.2, 0) is 0 Å². The van der Waals surface area contributed by atoms with Crippen LogP contribution in [0.4, 0.5) is 14.9 Å². The highest BCUT2D eigenvalue weighted by atomic mass is 19.1. The minimum absolute atomic E-state index is 0.0987. The molecule has 0 saturated heterocycles. The molecule has 3 N–H and O–H groups in total. The molecule has 2 aromatic rings. The summed E-state index contributed by atoms with van der Waals surface area (Å²) in [6.07, 6.45) is 0.0816. The van der Waals surface area contributed by atoms with Crippen LogP contribution in [0.15, 0.2) is 36.5 Å². The van der Waals surface area contributed by atoms with Gasteiger partial charge in [-0.2, -0.15) is 0 Å². The van der Waals surface area contributed by atoms with E-state index in [1.165, 1.54) is 42.3 Å². The molecule has 36 heavy (non-hydrogen) atoms. The number of rotatable bonds is 5. The molecule has 4 atom stereocenters. The van der Waals surface area contributed by atoms with Gasteiger partial charge in [0.25, 0.3) is 5.91 Å². The molecule has 1 aromatic carbocycles. The van der Waals surface area contributed by atoms with E-state index in [0.29, 0.717) is 11.3 Å². The summed E-state index contributed by atoms with van der Waals surface area (Å²) in [5, 5.41) is 21.9. The first-order valence-corrected chi connectivity index (χ1v) is 11.6. The van der Waals surface area contributed by atoms with Gasteiger partial charge < -0.3 is 30.1 Å². The number of hydrogen-bond acceptors (Lipinski definition) is 6. The summed E-state index contributed by atoms with van der Waals surface area (Å²) in [6, 6.07) is 6.13. The van der Waals surface area contributed by atoms with Gasteiger partial charge in [0, 0.05) is 37.0 Å². The molecule has 0 spiro atoms. The van der Waals surface area contributed by atoms with Gasteiger partial charge in [0.1, 0.15) is 23.6 Å². The normalized spacial score (nSPS) is 19.0. The number of aromatic nitrogens is 1. The fourth-order valence-corrected chi connectivity index (χ4v) is 3.68. The highest BCUT2D eigenvalue weighted by Gasteiger charge is 2.34. The zero-order chi connectivity index (χ0) is 26.4. The molecule has 10 heteroatoms. The number of fused-ring (bicyclic) bond motifs is 1. The average molecular weight is 499 g/mol. The Hall–Kier alpha value is -3.68. The van der Waals surface area contributed by atoms with Crippen molar-refractivity contribution in [2.75, 3.05) is 32.1 Å². The minimum Gasteiger partial charge on any atom is -0.472 e. The number of carbonyl (C=O) groups excluding carboxylic acids is 2. The molecule has 0 saturated carbocycles. The average Bonchev–Trinajstić information content (AvgIpc) is 2.85. The zero-order valence-corrected chi connectivity index (χ0v) is 20.7. The molecule has 3 rings (SSSR count). The molecular formula is C26H31FN4O5. The van der Waals surface area contributed by atoms with E-state index in [0.717, 1.165) is 0 Å². The third-order valence-electron chi connectivity index (χ3n) is 5.84. The summed E-state index contributed by atoms with van der Waals surface area (Å²) >= 11 is 0. The van der Waals surface area contributed by atoms with Crippen molar-refractivity contribution in [3.63, 3.8) is 0 Å². The van der Waals surface area contributed by atoms with E-state index in [9.17, 15) is 24.2 Å². The van der Waals surface area contributed by atoms with Crippen LogP contribution in [0.5, 0.6) is 5.88 Å². The molecule has 3 amide bonds. The Balaban J connectivity index is 1.87. The first kappa shape index (κ1) is 26.9. The lowest BCUT2D eigenvalue weighted by atomic mass is 10.00. The minimum atomic E-state index is -0.841. The molecule has 192 valence electrons. The second-order valence-electron chi connectivity index (χ2n) is 8.96. The van der Waals surface area contributed by atoms with Crippen molar-refractivity contribution >= 4 is 17.6 Å². The summed E-state index contributed by atoms with van der Waals surface area (Å²) in [5.74, 6) is 4.53. The number of anilines is 1. The van der Waals surface area contributed by atoms with E-state index in [2.05, 4.69) is 22.1 Å². The maximum Gasteiger partial charge on any atom is 0.321 e. The van der Waals surface area contributed by atoms with Crippen molar-refractivity contribution < 1.29 is 28.9 Å². The standard InChI is InChI=1S/C26H31FN4O5/c1-16-13-31(17(2)15-32)25(34)22-11-19(6-5-18(3)33)12-28-24(22)36-23(16)14-30(4)26(35)29-21-9-7-20(27)8-10-21/h7-12,16-18,23,32-33H,13-15H2,1-4H3,(H,29,35)/t16-,17+,18+,23-/m0/s1. The Kier molecular flexibility index (Phi) is 8.85. The predicted octanol–water partition coefficient (Wildman–Crippen LogP) is 2.34. The van der Waals surface area contributed by atoms with Crippen molar-refractivity contribution in [1.82, 2.24) is 14.8 Å². The number of aliphatic hydroxyl groups is 2. The molecular weight excluding hydrogens is 467 g/mol. The van der Waals surface area contributed by atoms with Gasteiger partial charge in [-0.25, -0.2) is 14.2 Å². The number of carbonyl (C=O) groups is 2. The van der Waals surface area contributed by atoms with Crippen molar-refractivity contribution in [2.24, 2.45) is 5.92 Å². The predicted molar refractivity (Wildman–Crippen MR) is 132 cm³/mol. The Labute approximate surface area is 209 Å². The van der Waals surface area contributed by atoms with Crippen LogP contribution in [0, 0.1) is 23.6 Å². The molecule has 0 aliphatic carbocycles. The number of pyridine rings is 1. The number of urea groups is 1. The van der Waals surface area contributed by atoms with Crippen molar-refractivity contribution in [3.8, 4) is 17.7 Å². The second kappa shape index (κ2) is 11.8. The van der Waals surface area contributed by atoms with Crippen LogP contribution >= 0.6 is 0 Å². The number of aliphatic hydroxyl groups excluding tert-OH is 2. The maximum absolute atomic E-state index is 13.4. The Morgan fingerprint density at radius 2 is 2.06 bits per heavy atom. The molecule has 1 aliphatic rings. The summed E-state index contributed by atoms with van der Waals surface area (Å²) < 4.78 is 19.3. The number of nitrogens with one attached hydrogen (secondary N) is 1. The van der Waals surface area contributed by atoms with E-state index >= 15 is 0 Å². The molecule has 0 unspecified atom stereocenters. The van der Waals surface area contributed by atoms with Crippen LogP contribution < -0.4 is 10.1 Å². The number of ether oxygens (including phenoxy) is 1. The van der Waals surface area contributed by atoms with Crippen LogP contribution in [0.3, 0.4) is 0 Å². The third-order valence-corrected chi connectivity index (χ3v) is 5.84. The lowest BCUT2D eigenvalue weighted by Crippen LogP contribution is -2.50. The molecule has 0 fully saturated rings. The van der Waals surface area contributed by atoms with Crippen molar-refractivity contribution in [1.29, 1.82) is 0 Å². The van der Waals surface area contributed by atoms with Gasteiger partial charge in [-0.3, -0.25) is 4.79 Å². The van der Waals surface area contributed by atoms with E-state index in [1.807, 2.05) is 6.92 Å². The fraction of sp³-hybridized carbons (Fsp3) is 0.423. The maximum atomic E-state index is 13.4. The number of amides is 3. The van der Waals surface area contributed by atoms with Gasteiger partial charge >= 0.3 is 6.03 Å². The summed E-state index contributed by atoms with van der Waals surface area (Å²) in [4.78, 5) is 33.4. The summed E-state index contributed by atoms with van der Waals surface area (Å²) in [5.41, 5.74) is 1.07. The number of nitrogens with zero attached hydrogens (tertiary/aromatic N) is 3. The lowest BCUT2D eigenvalue weighted by Gasteiger charge is -2.37. The second-order valence-corrected chi connectivity index (χ2v) is 8.96. The smallest absolute Gasteiger partial charge is 0.321 e. The molecule has 0 bridgehead atoms. The molecule has 1 aromatic heterocycles. The SMILES string of the molecule is C[C@H](CO)N1C[C@H](C)[C@H](CN(C)C(=O)Nc2ccc(F)cc2)Oc2ncc(C#C[C@@H](C)O)cc2C1=O. The van der Waals surface area contributed by atoms with E-state index in [4.69, 9.17) is 4.74 Å². The van der Waals surface area contributed by atoms with Gasteiger partial charge in [0.05, 0.1) is 19.2 Å². The highest BCUT2D eigenvalue weighted by Crippen LogP contribution is 2.27. The van der Waals surface area contributed by atoms with E-state index in [-0.39, 0.29) is 43.0 Å². The molecule has 1 aliphatic heterocycles.